The molecule has 0 saturated carbocycles. The number of hydrogen-bond acceptors (Lipinski definition) is 3. The largest absolute Gasteiger partial charge is 0.372 e. The maximum Gasteiger partial charge on any atom is 0.264 e. The molecule has 2 aromatic rings. The standard InChI is InChI=1S/C17H19NO2S/c1-12-10-18(11-13(2)20-12)17(19)16-15(8-9-21-16)14-6-4-3-5-7-14/h3-9,12-13H,10-11H2,1-2H3. The van der Waals surface area contributed by atoms with Crippen molar-refractivity contribution in [2.24, 2.45) is 0 Å². The summed E-state index contributed by atoms with van der Waals surface area (Å²) in [6.45, 7) is 5.36. The van der Waals surface area contributed by atoms with Crippen LogP contribution in [0.25, 0.3) is 11.1 Å². The summed E-state index contributed by atoms with van der Waals surface area (Å²) in [6, 6.07) is 12.1. The Morgan fingerprint density at radius 1 is 1.14 bits per heavy atom. The van der Waals surface area contributed by atoms with Gasteiger partial charge in [-0.15, -0.1) is 11.3 Å². The van der Waals surface area contributed by atoms with Gasteiger partial charge in [0.2, 0.25) is 0 Å². The van der Waals surface area contributed by atoms with Crippen molar-refractivity contribution in [1.29, 1.82) is 0 Å². The van der Waals surface area contributed by atoms with Crippen molar-refractivity contribution >= 4 is 17.2 Å². The zero-order chi connectivity index (χ0) is 14.8. The molecule has 0 N–H and O–H groups in total. The fourth-order valence-electron chi connectivity index (χ4n) is 2.81. The Morgan fingerprint density at radius 3 is 2.48 bits per heavy atom. The highest BCUT2D eigenvalue weighted by molar-refractivity contribution is 7.12. The lowest BCUT2D eigenvalue weighted by Gasteiger charge is -2.35. The van der Waals surface area contributed by atoms with Crippen LogP contribution in [-0.4, -0.2) is 36.1 Å². The molecule has 3 nitrogen and oxygen atoms in total. The van der Waals surface area contributed by atoms with E-state index in [4.69, 9.17) is 4.74 Å². The first-order valence-electron chi connectivity index (χ1n) is 7.23. The first kappa shape index (κ1) is 14.3. The Hall–Kier alpha value is -1.65. The smallest absolute Gasteiger partial charge is 0.264 e. The van der Waals surface area contributed by atoms with E-state index >= 15 is 0 Å². The Bertz CT molecular complexity index is 613. The van der Waals surface area contributed by atoms with Crippen LogP contribution in [0.1, 0.15) is 23.5 Å². The normalized spacial score (nSPS) is 22.3. The first-order chi connectivity index (χ1) is 10.1. The van der Waals surface area contributed by atoms with Crippen LogP contribution in [0.3, 0.4) is 0 Å². The number of hydrogen-bond donors (Lipinski definition) is 0. The van der Waals surface area contributed by atoms with Crippen LogP contribution in [0, 0.1) is 0 Å². The Kier molecular flexibility index (Phi) is 4.08. The van der Waals surface area contributed by atoms with Crippen LogP contribution in [0.5, 0.6) is 0 Å². The van der Waals surface area contributed by atoms with Gasteiger partial charge in [0.1, 0.15) is 0 Å². The quantitative estimate of drug-likeness (QED) is 0.847. The van der Waals surface area contributed by atoms with Gasteiger partial charge in [0.25, 0.3) is 5.91 Å². The second-order valence-electron chi connectivity index (χ2n) is 5.50. The molecule has 1 aliphatic heterocycles. The molecule has 0 spiro atoms. The highest BCUT2D eigenvalue weighted by Gasteiger charge is 2.28. The van der Waals surface area contributed by atoms with Gasteiger partial charge in [0, 0.05) is 18.7 Å². The molecule has 0 radical (unpaired) electrons. The van der Waals surface area contributed by atoms with Crippen molar-refractivity contribution in [3.8, 4) is 11.1 Å². The summed E-state index contributed by atoms with van der Waals surface area (Å²) in [5.41, 5.74) is 2.12. The molecule has 21 heavy (non-hydrogen) atoms. The topological polar surface area (TPSA) is 29.5 Å². The molecule has 0 bridgehead atoms. The van der Waals surface area contributed by atoms with Crippen LogP contribution in [0.4, 0.5) is 0 Å². The van der Waals surface area contributed by atoms with Gasteiger partial charge in [0.15, 0.2) is 0 Å². The van der Waals surface area contributed by atoms with Crippen LogP contribution in [0.2, 0.25) is 0 Å². The molecule has 1 saturated heterocycles. The molecule has 1 aromatic heterocycles. The van der Waals surface area contributed by atoms with Gasteiger partial charge in [0.05, 0.1) is 17.1 Å². The van der Waals surface area contributed by atoms with E-state index in [1.54, 1.807) is 0 Å². The zero-order valence-electron chi connectivity index (χ0n) is 12.3. The minimum Gasteiger partial charge on any atom is -0.372 e. The second-order valence-corrected chi connectivity index (χ2v) is 6.41. The van der Waals surface area contributed by atoms with Crippen LogP contribution < -0.4 is 0 Å². The maximum atomic E-state index is 12.8. The van der Waals surface area contributed by atoms with Gasteiger partial charge in [-0.3, -0.25) is 4.79 Å². The molecule has 110 valence electrons. The summed E-state index contributed by atoms with van der Waals surface area (Å²) in [4.78, 5) is 15.6. The third-order valence-electron chi connectivity index (χ3n) is 3.65. The third kappa shape index (κ3) is 3.01. The number of rotatable bonds is 2. The SMILES string of the molecule is CC1CN(C(=O)c2sccc2-c2ccccc2)CC(C)O1. The average molecular weight is 301 g/mol. The minimum absolute atomic E-state index is 0.0952. The van der Waals surface area contributed by atoms with E-state index in [0.29, 0.717) is 13.1 Å². The summed E-state index contributed by atoms with van der Waals surface area (Å²) >= 11 is 1.52. The fraction of sp³-hybridized carbons (Fsp3) is 0.353. The maximum absolute atomic E-state index is 12.8. The number of carbonyl (C=O) groups is 1. The van der Waals surface area contributed by atoms with Gasteiger partial charge >= 0.3 is 0 Å². The van der Waals surface area contributed by atoms with Crippen LogP contribution >= 0.6 is 11.3 Å². The molecule has 4 heteroatoms. The Balaban J connectivity index is 1.88. The van der Waals surface area contributed by atoms with Gasteiger partial charge in [-0.25, -0.2) is 0 Å². The lowest BCUT2D eigenvalue weighted by Crippen LogP contribution is -2.48. The van der Waals surface area contributed by atoms with E-state index in [1.807, 2.05) is 60.5 Å². The van der Waals surface area contributed by atoms with E-state index in [9.17, 15) is 4.79 Å². The number of carbonyl (C=O) groups excluding carboxylic acids is 1. The van der Waals surface area contributed by atoms with Crippen molar-refractivity contribution in [1.82, 2.24) is 4.90 Å². The molecule has 2 unspecified atom stereocenters. The molecule has 2 atom stereocenters. The van der Waals surface area contributed by atoms with E-state index in [0.717, 1.165) is 16.0 Å². The van der Waals surface area contributed by atoms with Crippen molar-refractivity contribution in [3.63, 3.8) is 0 Å². The van der Waals surface area contributed by atoms with Gasteiger partial charge in [-0.2, -0.15) is 0 Å². The molecular formula is C17H19NO2S. The highest BCUT2D eigenvalue weighted by atomic mass is 32.1. The number of benzene rings is 1. The van der Waals surface area contributed by atoms with Crippen LogP contribution in [-0.2, 0) is 4.74 Å². The Labute approximate surface area is 129 Å². The molecule has 1 aliphatic rings. The summed E-state index contributed by atoms with van der Waals surface area (Å²) in [6.07, 6.45) is 0.190. The number of thiophene rings is 1. The number of amides is 1. The molecule has 0 aliphatic carbocycles. The van der Waals surface area contributed by atoms with Crippen LogP contribution in [0.15, 0.2) is 41.8 Å². The lowest BCUT2D eigenvalue weighted by atomic mass is 10.1. The molecule has 1 amide bonds. The predicted molar refractivity (Wildman–Crippen MR) is 85.7 cm³/mol. The highest BCUT2D eigenvalue weighted by Crippen LogP contribution is 2.30. The van der Waals surface area contributed by atoms with Crippen molar-refractivity contribution < 1.29 is 9.53 Å². The first-order valence-corrected chi connectivity index (χ1v) is 8.10. The molecule has 1 fully saturated rings. The van der Waals surface area contributed by atoms with Crippen molar-refractivity contribution in [2.45, 2.75) is 26.1 Å². The van der Waals surface area contributed by atoms with Crippen molar-refractivity contribution in [3.05, 3.63) is 46.7 Å². The van der Waals surface area contributed by atoms with Crippen molar-refractivity contribution in [2.75, 3.05) is 13.1 Å². The Morgan fingerprint density at radius 2 is 1.81 bits per heavy atom. The number of nitrogens with zero attached hydrogens (tertiary/aromatic N) is 1. The van der Waals surface area contributed by atoms with E-state index in [-0.39, 0.29) is 18.1 Å². The number of ether oxygens (including phenoxy) is 1. The van der Waals surface area contributed by atoms with Gasteiger partial charge in [-0.05, 0) is 30.9 Å². The predicted octanol–water partition coefficient (Wildman–Crippen LogP) is 3.66. The molecule has 1 aromatic carbocycles. The fourth-order valence-corrected chi connectivity index (χ4v) is 3.69. The van der Waals surface area contributed by atoms with E-state index < -0.39 is 0 Å². The summed E-state index contributed by atoms with van der Waals surface area (Å²) in [5, 5.41) is 1.99. The zero-order valence-corrected chi connectivity index (χ0v) is 13.1. The third-order valence-corrected chi connectivity index (χ3v) is 4.55. The summed E-state index contributed by atoms with van der Waals surface area (Å²) in [5.74, 6) is 0.117. The van der Waals surface area contributed by atoms with Gasteiger partial charge in [-0.1, -0.05) is 30.3 Å². The monoisotopic (exact) mass is 301 g/mol. The summed E-state index contributed by atoms with van der Waals surface area (Å²) < 4.78 is 5.71. The lowest BCUT2D eigenvalue weighted by molar-refractivity contribution is -0.0584. The van der Waals surface area contributed by atoms with E-state index in [2.05, 4.69) is 0 Å². The van der Waals surface area contributed by atoms with E-state index in [1.165, 1.54) is 11.3 Å². The van der Waals surface area contributed by atoms with Gasteiger partial charge < -0.3 is 9.64 Å². The average Bonchev–Trinajstić information content (AvgIpc) is 2.95. The second kappa shape index (κ2) is 6.00. The minimum atomic E-state index is 0.0952. The molecular weight excluding hydrogens is 282 g/mol. The molecule has 2 heterocycles. The molecule has 3 rings (SSSR count). The number of morpholine rings is 1. The summed E-state index contributed by atoms with van der Waals surface area (Å²) in [7, 11) is 0.